The topological polar surface area (TPSA) is 117 Å². The number of nitrogens with one attached hydrogen (secondary N) is 2. The van der Waals surface area contributed by atoms with Crippen LogP contribution in [-0.4, -0.2) is 62.2 Å². The van der Waals surface area contributed by atoms with Crippen LogP contribution in [0.1, 0.15) is 55.1 Å². The Hall–Kier alpha value is -3.11. The second-order valence-corrected chi connectivity index (χ2v) is 11.7. The van der Waals surface area contributed by atoms with Gasteiger partial charge in [0.2, 0.25) is 10.0 Å². The number of anilines is 2. The summed E-state index contributed by atoms with van der Waals surface area (Å²) >= 11 is 0. The Morgan fingerprint density at radius 2 is 1.92 bits per heavy atom. The Balaban J connectivity index is 1.86. The van der Waals surface area contributed by atoms with E-state index in [-0.39, 0.29) is 25.0 Å². The molecule has 3 N–H and O–H groups in total. The first kappa shape index (κ1) is 26.0. The zero-order valence-corrected chi connectivity index (χ0v) is 22.1. The van der Waals surface area contributed by atoms with E-state index in [0.29, 0.717) is 34.6 Å². The molecule has 4 rings (SSSR count). The number of hydrogen-bond donors (Lipinski definition) is 3. The zero-order valence-electron chi connectivity index (χ0n) is 21.3. The lowest BCUT2D eigenvalue weighted by Crippen LogP contribution is -2.32. The highest BCUT2D eigenvalue weighted by atomic mass is 32.2. The van der Waals surface area contributed by atoms with Gasteiger partial charge in [0.1, 0.15) is 5.69 Å². The lowest BCUT2D eigenvalue weighted by atomic mass is 10.0. The van der Waals surface area contributed by atoms with E-state index in [1.54, 1.807) is 17.8 Å². The normalized spacial score (nSPS) is 13.8. The highest BCUT2D eigenvalue weighted by Gasteiger charge is 2.32. The van der Waals surface area contributed by atoms with Crippen LogP contribution in [-0.2, 0) is 10.0 Å². The molecule has 1 saturated carbocycles. The summed E-state index contributed by atoms with van der Waals surface area (Å²) in [6.07, 6.45) is 3.42. The summed E-state index contributed by atoms with van der Waals surface area (Å²) in [6.45, 7) is 5.21. The Morgan fingerprint density at radius 1 is 1.22 bits per heavy atom. The Kier molecular flexibility index (Phi) is 7.56. The predicted molar refractivity (Wildman–Crippen MR) is 144 cm³/mol. The molecular formula is C26H35N5O4S. The quantitative estimate of drug-likeness (QED) is 0.362. The summed E-state index contributed by atoms with van der Waals surface area (Å²) in [4.78, 5) is 13.0. The minimum Gasteiger partial charge on any atom is -0.396 e. The van der Waals surface area contributed by atoms with Crippen molar-refractivity contribution in [2.45, 2.75) is 39.0 Å². The molecule has 1 aromatic heterocycles. The third kappa shape index (κ3) is 5.49. The number of sulfonamides is 1. The number of rotatable bonds is 11. The van der Waals surface area contributed by atoms with E-state index in [9.17, 15) is 18.3 Å². The molecule has 1 aliphatic rings. The monoisotopic (exact) mass is 513 g/mol. The molecule has 194 valence electrons. The van der Waals surface area contributed by atoms with Gasteiger partial charge in [0.05, 0.1) is 23.1 Å². The minimum atomic E-state index is -3.58. The Bertz CT molecular complexity index is 1340. The number of hydrogen-bond acceptors (Lipinski definition) is 6. The summed E-state index contributed by atoms with van der Waals surface area (Å²) in [5.74, 6) is 0.476. The van der Waals surface area contributed by atoms with Crippen LogP contribution in [0.4, 0.5) is 11.4 Å². The molecule has 2 aromatic carbocycles. The number of carbonyl (C=O) groups is 1. The van der Waals surface area contributed by atoms with Crippen molar-refractivity contribution >= 4 is 38.2 Å². The number of fused-ring (bicyclic) bond motifs is 1. The van der Waals surface area contributed by atoms with E-state index in [4.69, 9.17) is 5.10 Å². The Morgan fingerprint density at radius 3 is 2.47 bits per heavy atom. The highest BCUT2D eigenvalue weighted by Crippen LogP contribution is 2.46. The minimum absolute atomic E-state index is 0.107. The average Bonchev–Trinajstić information content (AvgIpc) is 3.62. The molecule has 36 heavy (non-hydrogen) atoms. The maximum atomic E-state index is 13.0. The summed E-state index contributed by atoms with van der Waals surface area (Å²) < 4.78 is 28.4. The van der Waals surface area contributed by atoms with Crippen LogP contribution in [0, 0.1) is 5.92 Å². The molecule has 0 spiro atoms. The fourth-order valence-electron chi connectivity index (χ4n) is 4.32. The predicted octanol–water partition coefficient (Wildman–Crippen LogP) is 3.48. The van der Waals surface area contributed by atoms with Crippen molar-refractivity contribution in [2.75, 3.05) is 42.6 Å². The van der Waals surface area contributed by atoms with Crippen LogP contribution in [0.25, 0.3) is 16.6 Å². The van der Waals surface area contributed by atoms with Crippen LogP contribution in [0.15, 0.2) is 36.4 Å². The van der Waals surface area contributed by atoms with Gasteiger partial charge in [-0.15, -0.1) is 0 Å². The molecule has 0 unspecified atom stereocenters. The van der Waals surface area contributed by atoms with E-state index < -0.39 is 10.0 Å². The maximum Gasteiger partial charge on any atom is 0.270 e. The van der Waals surface area contributed by atoms with Crippen molar-refractivity contribution in [1.29, 1.82) is 0 Å². The molecule has 0 saturated heterocycles. The SMILES string of the molecule is CNC(=O)c1c2cc(C3CC3)c(N(CCCO)S(C)(=O)=O)cc2nn1-c1ccc(NCC(C)C)cc1. The molecule has 1 amide bonds. The van der Waals surface area contributed by atoms with Crippen LogP contribution in [0.5, 0.6) is 0 Å². The van der Waals surface area contributed by atoms with E-state index in [1.807, 2.05) is 30.3 Å². The molecule has 1 fully saturated rings. The van der Waals surface area contributed by atoms with Gasteiger partial charge in [-0.25, -0.2) is 13.1 Å². The first-order valence-electron chi connectivity index (χ1n) is 12.4. The van der Waals surface area contributed by atoms with Crippen molar-refractivity contribution in [3.63, 3.8) is 0 Å². The lowest BCUT2D eigenvalue weighted by Gasteiger charge is -2.25. The lowest BCUT2D eigenvalue weighted by molar-refractivity contribution is 0.0957. The molecule has 0 bridgehead atoms. The van der Waals surface area contributed by atoms with Gasteiger partial charge in [-0.3, -0.25) is 9.10 Å². The number of aliphatic hydroxyl groups is 1. The van der Waals surface area contributed by atoms with Crippen molar-refractivity contribution in [3.05, 3.63) is 47.7 Å². The molecule has 1 heterocycles. The van der Waals surface area contributed by atoms with Gasteiger partial charge >= 0.3 is 0 Å². The van der Waals surface area contributed by atoms with Gasteiger partial charge in [-0.2, -0.15) is 5.10 Å². The molecule has 0 radical (unpaired) electrons. The van der Waals surface area contributed by atoms with Crippen molar-refractivity contribution < 1.29 is 18.3 Å². The van der Waals surface area contributed by atoms with Crippen LogP contribution < -0.4 is 14.9 Å². The van der Waals surface area contributed by atoms with Crippen LogP contribution in [0.2, 0.25) is 0 Å². The van der Waals surface area contributed by atoms with Crippen molar-refractivity contribution in [3.8, 4) is 5.69 Å². The highest BCUT2D eigenvalue weighted by molar-refractivity contribution is 7.92. The standard InChI is InChI=1S/C26H35N5O4S/c1-17(2)16-28-19-8-10-20(11-9-19)31-25(26(33)27-3)22-14-21(18-6-7-18)24(15-23(22)29-31)30(12-5-13-32)36(4,34)35/h8-11,14-15,17-18,28,32H,5-7,12-13,16H2,1-4H3,(H,27,33). The average molecular weight is 514 g/mol. The van der Waals surface area contributed by atoms with Gasteiger partial charge in [-0.1, -0.05) is 13.8 Å². The van der Waals surface area contributed by atoms with E-state index in [1.165, 1.54) is 10.6 Å². The smallest absolute Gasteiger partial charge is 0.270 e. The van der Waals surface area contributed by atoms with Gasteiger partial charge in [0, 0.05) is 37.8 Å². The third-order valence-electron chi connectivity index (χ3n) is 6.29. The number of aliphatic hydroxyl groups excluding tert-OH is 1. The fraction of sp³-hybridized carbons (Fsp3) is 0.462. The van der Waals surface area contributed by atoms with Gasteiger partial charge in [0.25, 0.3) is 5.91 Å². The summed E-state index contributed by atoms with van der Waals surface area (Å²) in [6, 6.07) is 11.4. The number of aromatic nitrogens is 2. The largest absolute Gasteiger partial charge is 0.396 e. The molecule has 9 nitrogen and oxygen atoms in total. The van der Waals surface area contributed by atoms with Crippen LogP contribution >= 0.6 is 0 Å². The summed E-state index contributed by atoms with van der Waals surface area (Å²) in [7, 11) is -1.99. The molecule has 0 atom stereocenters. The molecule has 0 aliphatic heterocycles. The number of benzene rings is 2. The van der Waals surface area contributed by atoms with Gasteiger partial charge in [0.15, 0.2) is 0 Å². The van der Waals surface area contributed by atoms with Gasteiger partial charge < -0.3 is 15.7 Å². The molecule has 1 aliphatic carbocycles. The zero-order chi connectivity index (χ0) is 26.0. The van der Waals surface area contributed by atoms with Crippen molar-refractivity contribution in [2.24, 2.45) is 5.92 Å². The molecule has 10 heteroatoms. The summed E-state index contributed by atoms with van der Waals surface area (Å²) in [5, 5.41) is 20.9. The second kappa shape index (κ2) is 10.5. The maximum absolute atomic E-state index is 13.0. The number of amides is 1. The van der Waals surface area contributed by atoms with Crippen LogP contribution in [0.3, 0.4) is 0 Å². The molecule has 3 aromatic rings. The number of nitrogens with zero attached hydrogens (tertiary/aromatic N) is 3. The first-order chi connectivity index (χ1) is 17.1. The first-order valence-corrected chi connectivity index (χ1v) is 14.2. The van der Waals surface area contributed by atoms with E-state index in [0.717, 1.165) is 36.3 Å². The molecular weight excluding hydrogens is 478 g/mol. The fourth-order valence-corrected chi connectivity index (χ4v) is 5.30. The summed E-state index contributed by atoms with van der Waals surface area (Å²) in [5.41, 5.74) is 4.12. The number of carbonyl (C=O) groups excluding carboxylic acids is 1. The second-order valence-electron chi connectivity index (χ2n) is 9.78. The third-order valence-corrected chi connectivity index (χ3v) is 7.47. The van der Waals surface area contributed by atoms with Gasteiger partial charge in [-0.05, 0) is 73.1 Å². The van der Waals surface area contributed by atoms with Crippen molar-refractivity contribution in [1.82, 2.24) is 15.1 Å². The van der Waals surface area contributed by atoms with E-state index >= 15 is 0 Å². The Labute approximate surface area is 212 Å². The van der Waals surface area contributed by atoms with E-state index in [2.05, 4.69) is 24.5 Å².